The van der Waals surface area contributed by atoms with E-state index in [-0.39, 0.29) is 11.8 Å². The molecule has 0 radical (unpaired) electrons. The Morgan fingerprint density at radius 1 is 0.889 bits per heavy atom. The van der Waals surface area contributed by atoms with Gasteiger partial charge in [-0.3, -0.25) is 9.59 Å². The number of carbonyl (C=O) groups is 2. The number of rotatable bonds is 10. The highest BCUT2D eigenvalue weighted by atomic mass is 16.2. The summed E-state index contributed by atoms with van der Waals surface area (Å²) in [6.07, 6.45) is 18.0. The van der Waals surface area contributed by atoms with Gasteiger partial charge in [0, 0.05) is 25.1 Å². The molecule has 2 amide bonds. The van der Waals surface area contributed by atoms with Crippen molar-refractivity contribution in [3.8, 4) is 0 Å². The van der Waals surface area contributed by atoms with Crippen molar-refractivity contribution < 1.29 is 9.59 Å². The number of hydrogen-bond acceptors (Lipinski definition) is 2. The lowest BCUT2D eigenvalue weighted by atomic mass is 9.44. The monoisotopic (exact) mass is 498 g/mol. The number of fused-ring (bicyclic) bond motifs is 5. The fraction of sp³-hybridized carbons (Fsp3) is 0.875. The molecule has 4 saturated carbocycles. The van der Waals surface area contributed by atoms with E-state index in [0.717, 1.165) is 48.9 Å². The molecule has 0 aromatic carbocycles. The number of amides is 2. The van der Waals surface area contributed by atoms with Gasteiger partial charge < -0.3 is 10.6 Å². The maximum Gasteiger partial charge on any atom is 0.246 e. The Morgan fingerprint density at radius 2 is 1.61 bits per heavy atom. The van der Waals surface area contributed by atoms with Crippen LogP contribution in [-0.4, -0.2) is 24.9 Å². The molecule has 4 aliphatic rings. The Labute approximate surface area is 221 Å². The Morgan fingerprint density at radius 3 is 2.36 bits per heavy atom. The molecule has 204 valence electrons. The lowest BCUT2D eigenvalue weighted by Gasteiger charge is -2.61. The highest BCUT2D eigenvalue weighted by molar-refractivity contribution is 5.92. The highest BCUT2D eigenvalue weighted by Gasteiger charge is 2.60. The van der Waals surface area contributed by atoms with Gasteiger partial charge in [0.05, 0.1) is 0 Å². The Hall–Kier alpha value is -1.32. The molecule has 4 rings (SSSR count). The summed E-state index contributed by atoms with van der Waals surface area (Å²) in [7, 11) is 0. The van der Waals surface area contributed by atoms with E-state index in [2.05, 4.69) is 38.0 Å². The van der Waals surface area contributed by atoms with Crippen LogP contribution in [0.5, 0.6) is 0 Å². The topological polar surface area (TPSA) is 58.2 Å². The van der Waals surface area contributed by atoms with Crippen molar-refractivity contribution in [3.05, 3.63) is 12.2 Å². The summed E-state index contributed by atoms with van der Waals surface area (Å²) in [6, 6.07) is 0. The van der Waals surface area contributed by atoms with Crippen LogP contribution in [0, 0.1) is 46.3 Å². The lowest BCUT2D eigenvalue weighted by Crippen LogP contribution is -2.53. The maximum atomic E-state index is 12.5. The molecule has 0 aliphatic heterocycles. The molecule has 0 spiro atoms. The first-order valence-corrected chi connectivity index (χ1v) is 15.4. The zero-order valence-electron chi connectivity index (χ0n) is 23.8. The van der Waals surface area contributed by atoms with Crippen LogP contribution in [0.3, 0.4) is 0 Å². The molecule has 0 saturated heterocycles. The normalized spacial score (nSPS) is 38.3. The Bertz CT molecular complexity index is 808. The van der Waals surface area contributed by atoms with Crippen molar-refractivity contribution in [2.75, 3.05) is 13.1 Å². The summed E-state index contributed by atoms with van der Waals surface area (Å²) in [5, 5.41) is 5.95. The third-order valence-corrected chi connectivity index (χ3v) is 11.8. The van der Waals surface area contributed by atoms with E-state index in [1.807, 2.05) is 0 Å². The molecule has 4 heteroatoms. The predicted molar refractivity (Wildman–Crippen MR) is 148 cm³/mol. The predicted octanol–water partition coefficient (Wildman–Crippen LogP) is 7.04. The minimum Gasteiger partial charge on any atom is -0.356 e. The van der Waals surface area contributed by atoms with Gasteiger partial charge in [-0.2, -0.15) is 0 Å². The van der Waals surface area contributed by atoms with Crippen molar-refractivity contribution in [2.45, 2.75) is 118 Å². The van der Waals surface area contributed by atoms with Crippen molar-refractivity contribution in [3.63, 3.8) is 0 Å². The Kier molecular flexibility index (Phi) is 8.93. The van der Waals surface area contributed by atoms with Crippen LogP contribution >= 0.6 is 0 Å². The van der Waals surface area contributed by atoms with Gasteiger partial charge >= 0.3 is 0 Å². The zero-order valence-corrected chi connectivity index (χ0v) is 23.8. The van der Waals surface area contributed by atoms with E-state index >= 15 is 0 Å². The van der Waals surface area contributed by atoms with E-state index in [1.54, 1.807) is 6.92 Å². The molecule has 0 heterocycles. The molecular formula is C32H54N2O2. The van der Waals surface area contributed by atoms with Crippen molar-refractivity contribution in [1.29, 1.82) is 0 Å². The second kappa shape index (κ2) is 11.6. The van der Waals surface area contributed by atoms with Crippen LogP contribution < -0.4 is 10.6 Å². The van der Waals surface area contributed by atoms with E-state index in [4.69, 9.17) is 0 Å². The van der Waals surface area contributed by atoms with Crippen molar-refractivity contribution in [2.24, 2.45) is 46.3 Å². The summed E-state index contributed by atoms with van der Waals surface area (Å²) in [4.78, 5) is 24.0. The third kappa shape index (κ3) is 5.58. The van der Waals surface area contributed by atoms with Crippen molar-refractivity contribution >= 4 is 11.8 Å². The summed E-state index contributed by atoms with van der Waals surface area (Å²) >= 11 is 0. The van der Waals surface area contributed by atoms with Gasteiger partial charge in [-0.15, -0.1) is 0 Å². The molecule has 0 aromatic rings. The quantitative estimate of drug-likeness (QED) is 0.251. The van der Waals surface area contributed by atoms with Gasteiger partial charge in [-0.1, -0.05) is 40.2 Å². The van der Waals surface area contributed by atoms with Gasteiger partial charge in [0.15, 0.2) is 0 Å². The van der Waals surface area contributed by atoms with Crippen LogP contribution in [0.15, 0.2) is 12.2 Å². The number of nitrogens with one attached hydrogen (secondary N) is 2. The standard InChI is InChI=1S/C32H54N2O2/c1-22(2)30(36)34-21-9-8-20-33-29(35)16-11-23(3)26-14-15-27-25-13-12-24-10-6-7-18-31(24,4)28(25)17-19-32(26,27)5/h23-28H,1,6-21H2,2-5H3,(H,33,35)(H,34,36)/t23-,24?,25+,26-,27+,28+,31+,32-/m1/s1. The van der Waals surface area contributed by atoms with Gasteiger partial charge in [-0.25, -0.2) is 0 Å². The summed E-state index contributed by atoms with van der Waals surface area (Å²) in [5.41, 5.74) is 1.66. The first-order chi connectivity index (χ1) is 17.2. The number of carbonyl (C=O) groups excluding carboxylic acids is 2. The largest absolute Gasteiger partial charge is 0.356 e. The van der Waals surface area contributed by atoms with Crippen LogP contribution in [0.4, 0.5) is 0 Å². The molecule has 4 fully saturated rings. The molecule has 0 bridgehead atoms. The summed E-state index contributed by atoms with van der Waals surface area (Å²) < 4.78 is 0. The fourth-order valence-corrected chi connectivity index (χ4v) is 9.75. The highest BCUT2D eigenvalue weighted by Crippen LogP contribution is 2.68. The minimum absolute atomic E-state index is 0.0831. The van der Waals surface area contributed by atoms with Gasteiger partial charge in [0.2, 0.25) is 11.8 Å². The van der Waals surface area contributed by atoms with E-state index in [1.165, 1.54) is 64.2 Å². The molecule has 2 N–H and O–H groups in total. The van der Waals surface area contributed by atoms with Gasteiger partial charge in [0.25, 0.3) is 0 Å². The van der Waals surface area contributed by atoms with Crippen LogP contribution in [0.25, 0.3) is 0 Å². The second-order valence-corrected chi connectivity index (χ2v) is 13.7. The van der Waals surface area contributed by atoms with Crippen molar-refractivity contribution in [1.82, 2.24) is 10.6 Å². The lowest BCUT2D eigenvalue weighted by molar-refractivity contribution is -0.122. The molecule has 4 nitrogen and oxygen atoms in total. The smallest absolute Gasteiger partial charge is 0.246 e. The minimum atomic E-state index is -0.0831. The van der Waals surface area contributed by atoms with E-state index < -0.39 is 0 Å². The average Bonchev–Trinajstić information content (AvgIpc) is 3.21. The summed E-state index contributed by atoms with van der Waals surface area (Å²) in [6.45, 7) is 14.5. The SMILES string of the molecule is C=C(C)C(=O)NCCCCNC(=O)CC[C@@H](C)[C@H]1CC[C@H]2[C@@H]3CCC4CCCC[C@]4(C)[C@H]3CC[C@]12C. The van der Waals surface area contributed by atoms with Crippen LogP contribution in [0.2, 0.25) is 0 Å². The molecule has 1 unspecified atom stereocenters. The zero-order chi connectivity index (χ0) is 25.9. The number of unbranched alkanes of at least 4 members (excludes halogenated alkanes) is 1. The van der Waals surface area contributed by atoms with Gasteiger partial charge in [-0.05, 0) is 124 Å². The van der Waals surface area contributed by atoms with E-state index in [0.29, 0.717) is 41.8 Å². The average molecular weight is 499 g/mol. The second-order valence-electron chi connectivity index (χ2n) is 13.7. The van der Waals surface area contributed by atoms with Crippen LogP contribution in [-0.2, 0) is 9.59 Å². The first-order valence-electron chi connectivity index (χ1n) is 15.4. The molecule has 36 heavy (non-hydrogen) atoms. The van der Waals surface area contributed by atoms with Gasteiger partial charge in [0.1, 0.15) is 0 Å². The fourth-order valence-electron chi connectivity index (χ4n) is 9.75. The molecule has 0 aromatic heterocycles. The summed E-state index contributed by atoms with van der Waals surface area (Å²) in [5.74, 6) is 5.38. The van der Waals surface area contributed by atoms with E-state index in [9.17, 15) is 9.59 Å². The first kappa shape index (κ1) is 27.7. The maximum absolute atomic E-state index is 12.5. The van der Waals surface area contributed by atoms with Crippen LogP contribution in [0.1, 0.15) is 118 Å². The third-order valence-electron chi connectivity index (χ3n) is 11.8. The molecule has 8 atom stereocenters. The number of hydrogen-bond donors (Lipinski definition) is 2. The molecular weight excluding hydrogens is 444 g/mol. The molecule has 4 aliphatic carbocycles. The Balaban J connectivity index is 1.21.